The first-order valence-corrected chi connectivity index (χ1v) is 11.6. The van der Waals surface area contributed by atoms with Gasteiger partial charge in [0.25, 0.3) is 5.91 Å². The number of nitrogens with one attached hydrogen (secondary N) is 1. The third-order valence-corrected chi connectivity index (χ3v) is 7.44. The topological polar surface area (TPSA) is 88.2 Å². The van der Waals surface area contributed by atoms with Crippen molar-refractivity contribution >= 4 is 17.8 Å². The number of hydrogen-bond donors (Lipinski definition) is 1. The number of imide groups is 1. The number of carbonyl (C=O) groups excluding carboxylic acids is 3. The number of nitrogens with zero attached hydrogens (tertiary/aromatic N) is 2. The Hall–Kier alpha value is -2.77. The van der Waals surface area contributed by atoms with E-state index in [-0.39, 0.29) is 24.4 Å². The second-order valence-corrected chi connectivity index (χ2v) is 9.11. The molecular weight excluding hydrogens is 410 g/mol. The summed E-state index contributed by atoms with van der Waals surface area (Å²) >= 11 is 0. The van der Waals surface area contributed by atoms with Gasteiger partial charge in [-0.25, -0.2) is 4.79 Å². The van der Waals surface area contributed by atoms with Crippen LogP contribution in [0.15, 0.2) is 18.2 Å². The number of amides is 4. The number of methoxy groups -OCH3 is 2. The molecule has 4 rings (SSSR count). The van der Waals surface area contributed by atoms with Crippen LogP contribution in [0.4, 0.5) is 4.79 Å². The van der Waals surface area contributed by atoms with Crippen molar-refractivity contribution in [2.75, 3.05) is 27.3 Å². The van der Waals surface area contributed by atoms with Crippen LogP contribution < -0.4 is 14.8 Å². The largest absolute Gasteiger partial charge is 0.497 e. The first-order chi connectivity index (χ1) is 15.4. The minimum absolute atomic E-state index is 0.178. The molecule has 1 atom stereocenters. The summed E-state index contributed by atoms with van der Waals surface area (Å²) in [6.45, 7) is 2.51. The minimum atomic E-state index is -0.830. The molecule has 8 nitrogen and oxygen atoms in total. The zero-order valence-corrected chi connectivity index (χ0v) is 19.2. The molecule has 174 valence electrons. The Balaban J connectivity index is 1.49. The second kappa shape index (κ2) is 9.00. The molecule has 4 amide bonds. The first-order valence-electron chi connectivity index (χ1n) is 11.6. The summed E-state index contributed by atoms with van der Waals surface area (Å²) < 4.78 is 10.9. The highest BCUT2D eigenvalue weighted by molar-refractivity contribution is 6.09. The number of urea groups is 1. The van der Waals surface area contributed by atoms with Crippen molar-refractivity contribution < 1.29 is 23.9 Å². The fourth-order valence-electron chi connectivity index (χ4n) is 5.45. The molecule has 8 heteroatoms. The molecular formula is C24H33N3O5. The van der Waals surface area contributed by atoms with E-state index >= 15 is 0 Å². The number of hydrogen-bond acceptors (Lipinski definition) is 5. The van der Waals surface area contributed by atoms with Crippen molar-refractivity contribution in [3.8, 4) is 11.5 Å². The molecule has 0 aromatic heterocycles. The van der Waals surface area contributed by atoms with Gasteiger partial charge in [-0.05, 0) is 62.6 Å². The number of benzene rings is 1. The summed E-state index contributed by atoms with van der Waals surface area (Å²) in [7, 11) is 3.21. The summed E-state index contributed by atoms with van der Waals surface area (Å²) in [5, 5.41) is 2.92. The van der Waals surface area contributed by atoms with Gasteiger partial charge < -0.3 is 19.7 Å². The molecule has 32 heavy (non-hydrogen) atoms. The zero-order chi connectivity index (χ0) is 22.9. The minimum Gasteiger partial charge on any atom is -0.497 e. The Bertz CT molecular complexity index is 894. The van der Waals surface area contributed by atoms with Crippen LogP contribution in [0.5, 0.6) is 11.5 Å². The van der Waals surface area contributed by atoms with Crippen molar-refractivity contribution in [1.29, 1.82) is 0 Å². The van der Waals surface area contributed by atoms with E-state index in [9.17, 15) is 14.4 Å². The maximum absolute atomic E-state index is 13.3. The summed E-state index contributed by atoms with van der Waals surface area (Å²) in [5.74, 6) is 1.51. The predicted molar refractivity (Wildman–Crippen MR) is 118 cm³/mol. The normalized spacial score (nSPS) is 27.7. The van der Waals surface area contributed by atoms with Crippen LogP contribution >= 0.6 is 0 Å². The van der Waals surface area contributed by atoms with Crippen molar-refractivity contribution in [3.05, 3.63) is 23.8 Å². The molecule has 2 heterocycles. The van der Waals surface area contributed by atoms with Gasteiger partial charge in [0, 0.05) is 12.1 Å². The van der Waals surface area contributed by atoms with Gasteiger partial charge in [-0.1, -0.05) is 13.3 Å². The molecule has 1 saturated carbocycles. The van der Waals surface area contributed by atoms with E-state index in [2.05, 4.69) is 12.2 Å². The lowest BCUT2D eigenvalue weighted by Gasteiger charge is -2.34. The fraction of sp³-hybridized carbons (Fsp3) is 0.625. The summed E-state index contributed by atoms with van der Waals surface area (Å²) in [4.78, 5) is 42.0. The van der Waals surface area contributed by atoms with Gasteiger partial charge in [0.15, 0.2) is 0 Å². The monoisotopic (exact) mass is 443 g/mol. The molecule has 1 aliphatic carbocycles. The Kier molecular flexibility index (Phi) is 6.31. The van der Waals surface area contributed by atoms with E-state index in [1.165, 1.54) is 0 Å². The van der Waals surface area contributed by atoms with Gasteiger partial charge in [0.05, 0.1) is 20.3 Å². The molecule has 1 aromatic carbocycles. The third kappa shape index (κ3) is 3.91. The van der Waals surface area contributed by atoms with Crippen molar-refractivity contribution in [1.82, 2.24) is 15.1 Å². The molecule has 3 fully saturated rings. The Morgan fingerprint density at radius 2 is 1.91 bits per heavy atom. The average molecular weight is 444 g/mol. The SMILES string of the molecule is CCC1CCC2(CC1)NC(=O)N(CC(=O)N1CCC[C@H]1c1cc(OC)ccc1OC)C2=O. The molecule has 1 aromatic rings. The molecule has 0 bridgehead atoms. The quantitative estimate of drug-likeness (QED) is 0.682. The van der Waals surface area contributed by atoms with Crippen LogP contribution in [-0.2, 0) is 9.59 Å². The van der Waals surface area contributed by atoms with E-state index in [0.717, 1.165) is 42.6 Å². The highest BCUT2D eigenvalue weighted by Gasteiger charge is 2.53. The average Bonchev–Trinajstić information content (AvgIpc) is 3.39. The van der Waals surface area contributed by atoms with Crippen LogP contribution in [-0.4, -0.2) is 60.5 Å². The highest BCUT2D eigenvalue weighted by atomic mass is 16.5. The van der Waals surface area contributed by atoms with Crippen molar-refractivity contribution in [3.63, 3.8) is 0 Å². The van der Waals surface area contributed by atoms with Crippen LogP contribution in [0.25, 0.3) is 0 Å². The third-order valence-electron chi connectivity index (χ3n) is 7.44. The molecule has 2 aliphatic heterocycles. The van der Waals surface area contributed by atoms with Crippen molar-refractivity contribution in [2.24, 2.45) is 5.92 Å². The Labute approximate surface area is 189 Å². The summed E-state index contributed by atoms with van der Waals surface area (Å²) in [5.41, 5.74) is 0.0490. The van der Waals surface area contributed by atoms with E-state index in [0.29, 0.717) is 36.8 Å². The molecule has 1 spiro atoms. The van der Waals surface area contributed by atoms with E-state index in [4.69, 9.17) is 9.47 Å². The second-order valence-electron chi connectivity index (χ2n) is 9.11. The number of rotatable bonds is 6. The van der Waals surface area contributed by atoms with Crippen LogP contribution in [0.3, 0.4) is 0 Å². The molecule has 1 N–H and O–H groups in total. The predicted octanol–water partition coefficient (Wildman–Crippen LogP) is 3.26. The maximum atomic E-state index is 13.3. The molecule has 0 radical (unpaired) electrons. The van der Waals surface area contributed by atoms with Gasteiger partial charge in [-0.2, -0.15) is 0 Å². The van der Waals surface area contributed by atoms with Crippen molar-refractivity contribution in [2.45, 2.75) is 63.5 Å². The van der Waals surface area contributed by atoms with Gasteiger partial charge in [-0.15, -0.1) is 0 Å². The molecule has 3 aliphatic rings. The smallest absolute Gasteiger partial charge is 0.325 e. The Morgan fingerprint density at radius 1 is 1.16 bits per heavy atom. The highest BCUT2D eigenvalue weighted by Crippen LogP contribution is 2.40. The standard InChI is InChI=1S/C24H33N3O5/c1-4-16-9-11-24(12-10-16)22(29)27(23(30)25-24)15-21(28)26-13-5-6-19(26)18-14-17(31-2)7-8-20(18)32-3/h7-8,14,16,19H,4-6,9-13,15H2,1-3H3,(H,25,30)/t16?,19-,24?/m0/s1. The lowest BCUT2D eigenvalue weighted by molar-refractivity contribution is -0.140. The zero-order valence-electron chi connectivity index (χ0n) is 19.2. The summed E-state index contributed by atoms with van der Waals surface area (Å²) in [6, 6.07) is 4.92. The number of carbonyl (C=O) groups is 3. The maximum Gasteiger partial charge on any atom is 0.325 e. The van der Waals surface area contributed by atoms with E-state index < -0.39 is 11.6 Å². The summed E-state index contributed by atoms with van der Waals surface area (Å²) in [6.07, 6.45) is 5.87. The van der Waals surface area contributed by atoms with E-state index in [1.54, 1.807) is 19.1 Å². The molecule has 2 saturated heterocycles. The number of ether oxygens (including phenoxy) is 2. The van der Waals surface area contributed by atoms with Gasteiger partial charge in [0.2, 0.25) is 5.91 Å². The lowest BCUT2D eigenvalue weighted by atomic mass is 9.75. The van der Waals surface area contributed by atoms with Crippen LogP contribution in [0.2, 0.25) is 0 Å². The van der Waals surface area contributed by atoms with Gasteiger partial charge in [0.1, 0.15) is 23.6 Å². The van der Waals surface area contributed by atoms with Gasteiger partial charge >= 0.3 is 6.03 Å². The van der Waals surface area contributed by atoms with Crippen LogP contribution in [0, 0.1) is 5.92 Å². The fourth-order valence-corrected chi connectivity index (χ4v) is 5.45. The first kappa shape index (κ1) is 22.4. The van der Waals surface area contributed by atoms with E-state index in [1.807, 2.05) is 18.2 Å². The van der Waals surface area contributed by atoms with Crippen LogP contribution in [0.1, 0.15) is 63.5 Å². The lowest BCUT2D eigenvalue weighted by Crippen LogP contribution is -2.50. The van der Waals surface area contributed by atoms with Gasteiger partial charge in [-0.3, -0.25) is 14.5 Å². The Morgan fingerprint density at radius 3 is 2.56 bits per heavy atom. The molecule has 0 unspecified atom stereocenters. The number of likely N-dealkylation sites (tertiary alicyclic amines) is 1.